The first-order valence-electron chi connectivity index (χ1n) is 10.7. The van der Waals surface area contributed by atoms with Crippen LogP contribution in [0.3, 0.4) is 0 Å². The number of carbonyl (C=O) groups excluding carboxylic acids is 1. The van der Waals surface area contributed by atoms with Gasteiger partial charge in [-0.15, -0.1) is 5.10 Å². The van der Waals surface area contributed by atoms with Gasteiger partial charge in [-0.05, 0) is 42.7 Å². The average molecular weight is 485 g/mol. The zero-order valence-corrected chi connectivity index (χ0v) is 18.6. The van der Waals surface area contributed by atoms with Gasteiger partial charge in [0.1, 0.15) is 23.0 Å². The van der Waals surface area contributed by atoms with Gasteiger partial charge in [-0.2, -0.15) is 0 Å². The second-order valence-corrected chi connectivity index (χ2v) is 8.62. The van der Waals surface area contributed by atoms with Crippen molar-refractivity contribution in [3.05, 3.63) is 86.4 Å². The van der Waals surface area contributed by atoms with E-state index in [1.54, 1.807) is 12.1 Å². The highest BCUT2D eigenvalue weighted by molar-refractivity contribution is 6.30. The Kier molecular flexibility index (Phi) is 5.82. The Balaban J connectivity index is 1.44. The van der Waals surface area contributed by atoms with E-state index in [0.29, 0.717) is 42.4 Å². The van der Waals surface area contributed by atoms with Crippen LogP contribution in [0.25, 0.3) is 11.2 Å². The van der Waals surface area contributed by atoms with Crippen LogP contribution in [-0.2, 0) is 6.54 Å². The predicted molar refractivity (Wildman–Crippen MR) is 121 cm³/mol. The molecule has 34 heavy (non-hydrogen) atoms. The maximum atomic E-state index is 14.1. The molecule has 0 spiro atoms. The standard InChI is InChI=1S/C23H19ClF2N6O2/c24-15-6-1-4-13(10-15)11-32-21-19(29-30-32)22(33)28-20(27-21)14-5-3-9-31(12-14)23(34)18-16(25)7-2-8-17(18)26/h1-2,4,6-8,10,14H,3,5,9,11-12H2,(H,27,28,33)/t14-/m1/s1. The van der Waals surface area contributed by atoms with Crippen LogP contribution in [0.5, 0.6) is 0 Å². The number of amides is 1. The number of likely N-dealkylation sites (tertiary alicyclic amines) is 1. The van der Waals surface area contributed by atoms with Crippen molar-refractivity contribution in [2.75, 3.05) is 13.1 Å². The Morgan fingerprint density at radius 2 is 1.94 bits per heavy atom. The van der Waals surface area contributed by atoms with Crippen molar-refractivity contribution in [1.29, 1.82) is 0 Å². The molecule has 174 valence electrons. The van der Waals surface area contributed by atoms with E-state index in [1.165, 1.54) is 15.6 Å². The van der Waals surface area contributed by atoms with Crippen LogP contribution in [0, 0.1) is 11.6 Å². The van der Waals surface area contributed by atoms with Gasteiger partial charge in [0.2, 0.25) is 0 Å². The third kappa shape index (κ3) is 4.16. The van der Waals surface area contributed by atoms with E-state index in [0.717, 1.165) is 17.7 Å². The van der Waals surface area contributed by atoms with Gasteiger partial charge >= 0.3 is 0 Å². The lowest BCUT2D eigenvalue weighted by Gasteiger charge is -2.32. The second-order valence-electron chi connectivity index (χ2n) is 8.19. The molecule has 0 bridgehead atoms. The van der Waals surface area contributed by atoms with Gasteiger partial charge in [-0.25, -0.2) is 18.4 Å². The van der Waals surface area contributed by atoms with Crippen LogP contribution < -0.4 is 5.56 Å². The summed E-state index contributed by atoms with van der Waals surface area (Å²) in [5.74, 6) is -2.48. The number of hydrogen-bond donors (Lipinski definition) is 1. The minimum atomic E-state index is -0.906. The van der Waals surface area contributed by atoms with E-state index in [9.17, 15) is 18.4 Å². The minimum absolute atomic E-state index is 0.1000. The smallest absolute Gasteiger partial charge is 0.281 e. The second kappa shape index (κ2) is 8.94. The molecule has 1 amide bonds. The van der Waals surface area contributed by atoms with Crippen molar-refractivity contribution < 1.29 is 13.6 Å². The highest BCUT2D eigenvalue weighted by Crippen LogP contribution is 2.27. The van der Waals surface area contributed by atoms with Crippen LogP contribution in [0.2, 0.25) is 5.02 Å². The largest absolute Gasteiger partial charge is 0.338 e. The predicted octanol–water partition coefficient (Wildman–Crippen LogP) is 3.51. The van der Waals surface area contributed by atoms with E-state index in [-0.39, 0.29) is 18.0 Å². The monoisotopic (exact) mass is 484 g/mol. The highest BCUT2D eigenvalue weighted by Gasteiger charge is 2.30. The zero-order chi connectivity index (χ0) is 23.8. The minimum Gasteiger partial charge on any atom is -0.338 e. The van der Waals surface area contributed by atoms with E-state index in [4.69, 9.17) is 11.6 Å². The molecular weight excluding hydrogens is 466 g/mol. The van der Waals surface area contributed by atoms with Crippen molar-refractivity contribution in [3.8, 4) is 0 Å². The van der Waals surface area contributed by atoms with Gasteiger partial charge in [0.25, 0.3) is 11.5 Å². The third-order valence-corrected chi connectivity index (χ3v) is 6.12. The molecule has 0 saturated carbocycles. The zero-order valence-electron chi connectivity index (χ0n) is 17.8. The molecule has 1 saturated heterocycles. The quantitative estimate of drug-likeness (QED) is 0.478. The number of benzene rings is 2. The van der Waals surface area contributed by atoms with E-state index >= 15 is 0 Å². The molecule has 1 atom stereocenters. The van der Waals surface area contributed by atoms with Crippen molar-refractivity contribution in [1.82, 2.24) is 29.9 Å². The summed E-state index contributed by atoms with van der Waals surface area (Å²) < 4.78 is 29.8. The maximum absolute atomic E-state index is 14.1. The third-order valence-electron chi connectivity index (χ3n) is 5.89. The van der Waals surface area contributed by atoms with E-state index < -0.39 is 28.7 Å². The molecule has 11 heteroatoms. The van der Waals surface area contributed by atoms with Crippen molar-refractivity contribution in [2.24, 2.45) is 0 Å². The Morgan fingerprint density at radius 1 is 1.18 bits per heavy atom. The summed E-state index contributed by atoms with van der Waals surface area (Å²) in [4.78, 5) is 34.3. The van der Waals surface area contributed by atoms with Crippen LogP contribution in [-0.4, -0.2) is 48.9 Å². The average Bonchev–Trinajstić information content (AvgIpc) is 3.22. The molecule has 4 aromatic rings. The lowest BCUT2D eigenvalue weighted by atomic mass is 9.96. The number of piperidine rings is 1. The van der Waals surface area contributed by atoms with Crippen molar-refractivity contribution in [2.45, 2.75) is 25.3 Å². The number of H-pyrrole nitrogens is 1. The number of aromatic amines is 1. The van der Waals surface area contributed by atoms with Crippen LogP contribution in [0.15, 0.2) is 47.3 Å². The number of carbonyl (C=O) groups is 1. The first-order valence-corrected chi connectivity index (χ1v) is 11.1. The summed E-state index contributed by atoms with van der Waals surface area (Å²) in [6.07, 6.45) is 1.24. The lowest BCUT2D eigenvalue weighted by molar-refractivity contribution is 0.0694. The number of nitrogens with zero attached hydrogens (tertiary/aromatic N) is 5. The normalized spacial score (nSPS) is 16.2. The van der Waals surface area contributed by atoms with Gasteiger partial charge in [-0.3, -0.25) is 9.59 Å². The van der Waals surface area contributed by atoms with Crippen molar-refractivity contribution in [3.63, 3.8) is 0 Å². The summed E-state index contributed by atoms with van der Waals surface area (Å²) in [6.45, 7) is 0.829. The van der Waals surface area contributed by atoms with Gasteiger partial charge in [0, 0.05) is 24.0 Å². The van der Waals surface area contributed by atoms with Gasteiger partial charge in [0.15, 0.2) is 11.2 Å². The molecule has 3 heterocycles. The maximum Gasteiger partial charge on any atom is 0.281 e. The molecule has 0 aliphatic carbocycles. The van der Waals surface area contributed by atoms with Gasteiger partial charge < -0.3 is 9.88 Å². The number of rotatable bonds is 4. The molecule has 1 fully saturated rings. The van der Waals surface area contributed by atoms with Crippen LogP contribution in [0.1, 0.15) is 40.5 Å². The highest BCUT2D eigenvalue weighted by atomic mass is 35.5. The Labute approximate surface area is 197 Å². The Bertz CT molecular complexity index is 1430. The summed E-state index contributed by atoms with van der Waals surface area (Å²) in [7, 11) is 0. The van der Waals surface area contributed by atoms with Crippen LogP contribution in [0.4, 0.5) is 8.78 Å². The topological polar surface area (TPSA) is 96.8 Å². The summed E-state index contributed by atoms with van der Waals surface area (Å²) >= 11 is 6.06. The first kappa shape index (κ1) is 22.1. The fourth-order valence-corrected chi connectivity index (χ4v) is 4.45. The number of aromatic nitrogens is 5. The van der Waals surface area contributed by atoms with Crippen LogP contribution >= 0.6 is 11.6 Å². The SMILES string of the molecule is O=C(c1c(F)cccc1F)N1CCC[C@@H](c2nc3c(nnn3Cc3cccc(Cl)c3)c(=O)[nH]2)C1. The van der Waals surface area contributed by atoms with Crippen molar-refractivity contribution >= 4 is 28.7 Å². The number of fused-ring (bicyclic) bond motifs is 1. The van der Waals surface area contributed by atoms with E-state index in [2.05, 4.69) is 20.3 Å². The molecule has 2 aromatic carbocycles. The summed E-state index contributed by atoms with van der Waals surface area (Å²) in [5.41, 5.74) is 0.249. The fraction of sp³-hybridized carbons (Fsp3) is 0.261. The lowest BCUT2D eigenvalue weighted by Crippen LogP contribution is -2.40. The molecule has 0 radical (unpaired) electrons. The van der Waals surface area contributed by atoms with Gasteiger partial charge in [0.05, 0.1) is 6.54 Å². The molecule has 5 rings (SSSR count). The first-order chi connectivity index (χ1) is 16.4. The molecule has 1 aliphatic heterocycles. The number of nitrogens with one attached hydrogen (secondary N) is 1. The molecule has 1 N–H and O–H groups in total. The van der Waals surface area contributed by atoms with E-state index in [1.807, 2.05) is 12.1 Å². The molecule has 2 aromatic heterocycles. The summed E-state index contributed by atoms with van der Waals surface area (Å²) in [6, 6.07) is 10.6. The number of halogens is 3. The molecule has 8 nitrogen and oxygen atoms in total. The molecular formula is C23H19ClF2N6O2. The Hall–Kier alpha value is -3.66. The fourth-order valence-electron chi connectivity index (χ4n) is 4.24. The number of hydrogen-bond acceptors (Lipinski definition) is 5. The molecule has 0 unspecified atom stereocenters. The Morgan fingerprint density at radius 3 is 2.71 bits per heavy atom. The van der Waals surface area contributed by atoms with Gasteiger partial charge in [-0.1, -0.05) is 35.0 Å². The molecule has 1 aliphatic rings. The summed E-state index contributed by atoms with van der Waals surface area (Å²) in [5, 5.41) is 8.59.